The zero-order valence-electron chi connectivity index (χ0n) is 14.9. The molecule has 1 aromatic heterocycles. The molecule has 142 valence electrons. The maximum atomic E-state index is 11.8. The molecule has 8 nitrogen and oxygen atoms in total. The Balaban J connectivity index is 1.97. The van der Waals surface area contributed by atoms with Gasteiger partial charge >= 0.3 is 12.0 Å². The average Bonchev–Trinajstić information content (AvgIpc) is 2.93. The van der Waals surface area contributed by atoms with E-state index in [0.29, 0.717) is 23.0 Å². The topological polar surface area (TPSA) is 102 Å². The number of nitrogens with zero attached hydrogens (tertiary/aromatic N) is 2. The fourth-order valence-corrected chi connectivity index (χ4v) is 2.48. The summed E-state index contributed by atoms with van der Waals surface area (Å²) in [5.41, 5.74) is 1.97. The largest absolute Gasteiger partial charge is 0.452 e. The molecule has 0 radical (unpaired) electrons. The lowest BCUT2D eigenvalue weighted by Gasteiger charge is -2.04. The molecule has 27 heavy (non-hydrogen) atoms. The first-order chi connectivity index (χ1) is 12.9. The number of esters is 1. The molecule has 0 bridgehead atoms. The molecule has 3 amide bonds. The van der Waals surface area contributed by atoms with Crippen LogP contribution in [0.1, 0.15) is 18.2 Å². The monoisotopic (exact) mass is 390 g/mol. The molecule has 0 saturated carbocycles. The standard InChI is InChI=1S/C18H19ClN4O4/c1-3-20-18(26)21-15(24)11-27-16(25)10-9-14-12(2)22-23(17(14)19)13-7-5-4-6-8-13/h4-10H,3,11H2,1-2H3,(H2,20,21,24,26)/b10-9+. The number of urea groups is 1. The zero-order chi connectivity index (χ0) is 19.8. The minimum Gasteiger partial charge on any atom is -0.452 e. The third-order valence-electron chi connectivity index (χ3n) is 3.37. The van der Waals surface area contributed by atoms with E-state index in [2.05, 4.69) is 10.4 Å². The second kappa shape index (κ2) is 9.54. The van der Waals surface area contributed by atoms with Crippen molar-refractivity contribution in [3.05, 3.63) is 52.8 Å². The average molecular weight is 391 g/mol. The number of nitrogens with one attached hydrogen (secondary N) is 2. The number of para-hydroxylation sites is 1. The number of ether oxygens (including phenoxy) is 1. The van der Waals surface area contributed by atoms with E-state index in [0.717, 1.165) is 11.8 Å². The number of hydrogen-bond donors (Lipinski definition) is 2. The molecule has 1 heterocycles. The van der Waals surface area contributed by atoms with Crippen LogP contribution < -0.4 is 10.6 Å². The maximum absolute atomic E-state index is 11.8. The highest BCUT2D eigenvalue weighted by Gasteiger charge is 2.13. The molecule has 2 N–H and O–H groups in total. The minimum absolute atomic E-state index is 0.344. The Bertz CT molecular complexity index is 862. The van der Waals surface area contributed by atoms with Gasteiger partial charge in [-0.1, -0.05) is 29.8 Å². The molecule has 0 fully saturated rings. The normalized spacial score (nSPS) is 10.6. The van der Waals surface area contributed by atoms with Gasteiger partial charge in [-0.2, -0.15) is 5.10 Å². The summed E-state index contributed by atoms with van der Waals surface area (Å²) < 4.78 is 6.34. The molecule has 2 rings (SSSR count). The Morgan fingerprint density at radius 3 is 2.63 bits per heavy atom. The lowest BCUT2D eigenvalue weighted by atomic mass is 10.2. The molecule has 0 saturated heterocycles. The van der Waals surface area contributed by atoms with Crippen molar-refractivity contribution in [3.63, 3.8) is 0 Å². The number of imide groups is 1. The van der Waals surface area contributed by atoms with Crippen LogP contribution in [0.3, 0.4) is 0 Å². The van der Waals surface area contributed by atoms with E-state index in [1.807, 2.05) is 35.6 Å². The van der Waals surface area contributed by atoms with Gasteiger partial charge in [-0.05, 0) is 32.1 Å². The smallest absolute Gasteiger partial charge is 0.331 e. The van der Waals surface area contributed by atoms with Gasteiger partial charge in [-0.3, -0.25) is 10.1 Å². The van der Waals surface area contributed by atoms with Gasteiger partial charge in [0.1, 0.15) is 5.15 Å². The van der Waals surface area contributed by atoms with Crippen molar-refractivity contribution in [1.82, 2.24) is 20.4 Å². The van der Waals surface area contributed by atoms with Gasteiger partial charge in [0.15, 0.2) is 6.61 Å². The summed E-state index contributed by atoms with van der Waals surface area (Å²) in [4.78, 5) is 34.4. The number of aryl methyl sites for hydroxylation is 1. The van der Waals surface area contributed by atoms with Gasteiger partial charge in [0, 0.05) is 18.2 Å². The Morgan fingerprint density at radius 2 is 1.96 bits per heavy atom. The second-order valence-corrected chi connectivity index (χ2v) is 5.74. The van der Waals surface area contributed by atoms with Crippen molar-refractivity contribution in [2.45, 2.75) is 13.8 Å². The van der Waals surface area contributed by atoms with Crippen LogP contribution in [0.4, 0.5) is 4.79 Å². The Kier molecular flexibility index (Phi) is 7.13. The summed E-state index contributed by atoms with van der Waals surface area (Å²) in [5, 5.41) is 9.11. The van der Waals surface area contributed by atoms with Crippen LogP contribution in [0.25, 0.3) is 11.8 Å². The first-order valence-corrected chi connectivity index (χ1v) is 8.53. The molecule has 0 unspecified atom stereocenters. The molecule has 0 atom stereocenters. The zero-order valence-corrected chi connectivity index (χ0v) is 15.6. The van der Waals surface area contributed by atoms with E-state index in [9.17, 15) is 14.4 Å². The van der Waals surface area contributed by atoms with Crippen LogP contribution in [0.2, 0.25) is 5.15 Å². The third-order valence-corrected chi connectivity index (χ3v) is 3.73. The summed E-state index contributed by atoms with van der Waals surface area (Å²) in [7, 11) is 0. The van der Waals surface area contributed by atoms with E-state index < -0.39 is 24.5 Å². The van der Waals surface area contributed by atoms with Gasteiger partial charge in [-0.15, -0.1) is 0 Å². The van der Waals surface area contributed by atoms with E-state index >= 15 is 0 Å². The fraction of sp³-hybridized carbons (Fsp3) is 0.222. The lowest BCUT2D eigenvalue weighted by Crippen LogP contribution is -2.41. The second-order valence-electron chi connectivity index (χ2n) is 5.39. The molecule has 1 aromatic carbocycles. The maximum Gasteiger partial charge on any atom is 0.331 e. The Hall–Kier alpha value is -3.13. The van der Waals surface area contributed by atoms with Crippen molar-refractivity contribution in [2.24, 2.45) is 0 Å². The lowest BCUT2D eigenvalue weighted by molar-refractivity contribution is -0.143. The Labute approximate surface area is 161 Å². The van der Waals surface area contributed by atoms with Crippen molar-refractivity contribution < 1.29 is 19.1 Å². The number of amides is 3. The first kappa shape index (κ1) is 20.2. The summed E-state index contributed by atoms with van der Waals surface area (Å²) in [6, 6.07) is 8.67. The number of carbonyl (C=O) groups excluding carboxylic acids is 3. The summed E-state index contributed by atoms with van der Waals surface area (Å²) in [6.07, 6.45) is 2.61. The molecule has 0 aliphatic rings. The van der Waals surface area contributed by atoms with Crippen molar-refractivity contribution in [3.8, 4) is 5.69 Å². The number of carbonyl (C=O) groups is 3. The van der Waals surface area contributed by atoms with Crippen LogP contribution in [0.15, 0.2) is 36.4 Å². The predicted octanol–water partition coefficient (Wildman–Crippen LogP) is 2.24. The van der Waals surface area contributed by atoms with E-state index in [1.165, 1.54) is 6.08 Å². The third kappa shape index (κ3) is 5.68. The van der Waals surface area contributed by atoms with Gasteiger partial charge in [0.25, 0.3) is 5.91 Å². The number of halogens is 1. The summed E-state index contributed by atoms with van der Waals surface area (Å²) >= 11 is 6.35. The molecule has 0 aliphatic carbocycles. The van der Waals surface area contributed by atoms with Gasteiger partial charge < -0.3 is 10.1 Å². The molecule has 2 aromatic rings. The molecule has 0 spiro atoms. The van der Waals surface area contributed by atoms with Gasteiger partial charge in [0.2, 0.25) is 0 Å². The van der Waals surface area contributed by atoms with Crippen LogP contribution in [0, 0.1) is 6.92 Å². The molecular formula is C18H19ClN4O4. The SMILES string of the molecule is CCNC(=O)NC(=O)COC(=O)/C=C/c1c(C)nn(-c2ccccc2)c1Cl. The van der Waals surface area contributed by atoms with E-state index in [4.69, 9.17) is 16.3 Å². The molecule has 0 aliphatic heterocycles. The minimum atomic E-state index is -0.746. The highest BCUT2D eigenvalue weighted by atomic mass is 35.5. The number of aromatic nitrogens is 2. The fourth-order valence-electron chi connectivity index (χ4n) is 2.14. The van der Waals surface area contributed by atoms with Crippen LogP contribution in [-0.4, -0.2) is 40.8 Å². The van der Waals surface area contributed by atoms with Crippen molar-refractivity contribution in [2.75, 3.05) is 13.2 Å². The van der Waals surface area contributed by atoms with E-state index in [-0.39, 0.29) is 0 Å². The van der Waals surface area contributed by atoms with Gasteiger partial charge in [0.05, 0.1) is 11.4 Å². The first-order valence-electron chi connectivity index (χ1n) is 8.15. The number of rotatable bonds is 6. The van der Waals surface area contributed by atoms with Gasteiger partial charge in [-0.25, -0.2) is 14.3 Å². The number of hydrogen-bond acceptors (Lipinski definition) is 5. The van der Waals surface area contributed by atoms with Crippen LogP contribution in [-0.2, 0) is 14.3 Å². The van der Waals surface area contributed by atoms with E-state index in [1.54, 1.807) is 18.5 Å². The highest BCUT2D eigenvalue weighted by molar-refractivity contribution is 6.31. The Morgan fingerprint density at radius 1 is 1.26 bits per heavy atom. The van der Waals surface area contributed by atoms with Crippen LogP contribution in [0.5, 0.6) is 0 Å². The molecule has 9 heteroatoms. The van der Waals surface area contributed by atoms with Crippen molar-refractivity contribution in [1.29, 1.82) is 0 Å². The van der Waals surface area contributed by atoms with Crippen LogP contribution >= 0.6 is 11.6 Å². The summed E-state index contributed by atoms with van der Waals surface area (Å²) in [5.74, 6) is -1.47. The highest BCUT2D eigenvalue weighted by Crippen LogP contribution is 2.24. The van der Waals surface area contributed by atoms with Crippen molar-refractivity contribution >= 4 is 35.6 Å². The molecular weight excluding hydrogens is 372 g/mol. The number of benzene rings is 1. The summed E-state index contributed by atoms with van der Waals surface area (Å²) in [6.45, 7) is 3.27. The predicted molar refractivity (Wildman–Crippen MR) is 101 cm³/mol. The quantitative estimate of drug-likeness (QED) is 0.581.